The Morgan fingerprint density at radius 3 is 1.67 bits per heavy atom. The molecular formula is C23H17Cl2N7O2S2. The topological polar surface area (TPSA) is 128 Å². The lowest BCUT2D eigenvalue weighted by Crippen LogP contribution is -2.18. The smallest absolute Gasteiger partial charge is 0.236 e. The zero-order chi connectivity index (χ0) is 25.1. The molecule has 4 N–H and O–H groups in total. The van der Waals surface area contributed by atoms with Crippen molar-refractivity contribution in [1.82, 2.24) is 24.9 Å². The largest absolute Gasteiger partial charge is 0.333 e. The fraction of sp³-hybridized carbons (Fsp3) is 0.0870. The maximum atomic E-state index is 12.4. The molecule has 0 aliphatic carbocycles. The van der Waals surface area contributed by atoms with Crippen molar-refractivity contribution in [2.75, 3.05) is 22.1 Å². The number of hydrogen-bond acceptors (Lipinski definition) is 7. The second-order valence-corrected chi connectivity index (χ2v) is 10.3. The Labute approximate surface area is 223 Å². The summed E-state index contributed by atoms with van der Waals surface area (Å²) in [5, 5.41) is 7.90. The van der Waals surface area contributed by atoms with Crippen LogP contribution in [0.4, 0.5) is 11.6 Å². The number of imidazole rings is 2. The highest BCUT2D eigenvalue weighted by Crippen LogP contribution is 2.24. The summed E-state index contributed by atoms with van der Waals surface area (Å²) in [6.07, 6.45) is 0. The van der Waals surface area contributed by atoms with Crippen LogP contribution in [0.25, 0.3) is 22.1 Å². The van der Waals surface area contributed by atoms with E-state index in [-0.39, 0.29) is 23.3 Å². The van der Waals surface area contributed by atoms with Crippen molar-refractivity contribution in [3.63, 3.8) is 0 Å². The highest BCUT2D eigenvalue weighted by atomic mass is 35.5. The molecule has 13 heteroatoms. The number of halogens is 2. The zero-order valence-corrected chi connectivity index (χ0v) is 21.5. The number of rotatable bonds is 8. The number of hydrogen-bond donors (Lipinski definition) is 4. The highest BCUT2D eigenvalue weighted by Gasteiger charge is 2.11. The minimum atomic E-state index is -0.255. The van der Waals surface area contributed by atoms with Crippen molar-refractivity contribution in [2.24, 2.45) is 0 Å². The van der Waals surface area contributed by atoms with Gasteiger partial charge in [-0.05, 0) is 48.5 Å². The summed E-state index contributed by atoms with van der Waals surface area (Å²) in [6.45, 7) is 0. The Hall–Kier alpha value is -3.25. The molecule has 3 heterocycles. The summed E-state index contributed by atoms with van der Waals surface area (Å²) in [7, 11) is 0. The van der Waals surface area contributed by atoms with Crippen molar-refractivity contribution in [3.8, 4) is 0 Å². The number of benzene rings is 2. The van der Waals surface area contributed by atoms with E-state index in [2.05, 4.69) is 35.6 Å². The number of fused-ring (bicyclic) bond motifs is 2. The molecule has 0 aliphatic rings. The van der Waals surface area contributed by atoms with Gasteiger partial charge < -0.3 is 20.6 Å². The second kappa shape index (κ2) is 10.8. The lowest BCUT2D eigenvalue weighted by Gasteiger charge is -2.07. The number of carbonyl (C=O) groups excluding carboxylic acids is 2. The average Bonchev–Trinajstić information content (AvgIpc) is 3.44. The molecule has 5 rings (SSSR count). The Morgan fingerprint density at radius 2 is 1.19 bits per heavy atom. The van der Waals surface area contributed by atoms with Crippen molar-refractivity contribution in [1.29, 1.82) is 0 Å². The van der Waals surface area contributed by atoms with Crippen molar-refractivity contribution in [3.05, 3.63) is 64.6 Å². The Kier molecular flexibility index (Phi) is 7.33. The lowest BCUT2D eigenvalue weighted by atomic mass is 10.3. The van der Waals surface area contributed by atoms with Crippen LogP contribution in [-0.2, 0) is 9.59 Å². The van der Waals surface area contributed by atoms with Gasteiger partial charge in [-0.25, -0.2) is 15.0 Å². The normalized spacial score (nSPS) is 11.2. The van der Waals surface area contributed by atoms with E-state index < -0.39 is 0 Å². The predicted molar refractivity (Wildman–Crippen MR) is 145 cm³/mol. The molecule has 0 radical (unpaired) electrons. The summed E-state index contributed by atoms with van der Waals surface area (Å²) >= 11 is 14.5. The Morgan fingerprint density at radius 1 is 0.722 bits per heavy atom. The van der Waals surface area contributed by atoms with E-state index in [0.29, 0.717) is 32.0 Å². The molecule has 0 atom stereocenters. The van der Waals surface area contributed by atoms with E-state index in [4.69, 9.17) is 23.2 Å². The molecule has 0 spiro atoms. The van der Waals surface area contributed by atoms with Crippen LogP contribution < -0.4 is 10.6 Å². The van der Waals surface area contributed by atoms with Crippen molar-refractivity contribution >= 4 is 92.2 Å². The third-order valence-electron chi connectivity index (χ3n) is 4.81. The van der Waals surface area contributed by atoms with Gasteiger partial charge in [-0.3, -0.25) is 9.59 Å². The van der Waals surface area contributed by atoms with Gasteiger partial charge in [0.25, 0.3) is 0 Å². The fourth-order valence-corrected chi connectivity index (χ4v) is 4.97. The van der Waals surface area contributed by atoms with Gasteiger partial charge in [-0.1, -0.05) is 52.8 Å². The van der Waals surface area contributed by atoms with Crippen LogP contribution in [0, 0.1) is 0 Å². The summed E-state index contributed by atoms with van der Waals surface area (Å²) in [5.74, 6) is 0.411. The lowest BCUT2D eigenvalue weighted by molar-refractivity contribution is -0.114. The number of pyridine rings is 1. The van der Waals surface area contributed by atoms with E-state index in [1.807, 2.05) is 12.1 Å². The van der Waals surface area contributed by atoms with Gasteiger partial charge in [0.05, 0.1) is 33.6 Å². The van der Waals surface area contributed by atoms with Gasteiger partial charge >= 0.3 is 0 Å². The van der Waals surface area contributed by atoms with Crippen LogP contribution in [0.2, 0.25) is 10.0 Å². The SMILES string of the molecule is O=C(CSc1nc2ccc(Cl)cc2[nH]1)Nc1cccc(NC(=O)CSc2nc3ccc(Cl)cc3[nH]2)n1. The first-order valence-corrected chi connectivity index (χ1v) is 13.3. The second-order valence-electron chi connectivity index (χ2n) is 7.49. The number of carbonyl (C=O) groups is 2. The van der Waals surface area contributed by atoms with Crippen molar-refractivity contribution in [2.45, 2.75) is 10.3 Å². The number of anilines is 2. The van der Waals surface area contributed by atoms with Crippen LogP contribution in [0.1, 0.15) is 0 Å². The summed E-state index contributed by atoms with van der Waals surface area (Å²) < 4.78 is 0. The van der Waals surface area contributed by atoms with Crippen molar-refractivity contribution < 1.29 is 9.59 Å². The average molecular weight is 558 g/mol. The van der Waals surface area contributed by atoms with Gasteiger partial charge in [-0.15, -0.1) is 0 Å². The zero-order valence-electron chi connectivity index (χ0n) is 18.3. The molecule has 2 aromatic carbocycles. The van der Waals surface area contributed by atoms with E-state index >= 15 is 0 Å². The van der Waals surface area contributed by atoms with E-state index in [1.165, 1.54) is 23.5 Å². The molecule has 0 aliphatic heterocycles. The quantitative estimate of drug-likeness (QED) is 0.183. The van der Waals surface area contributed by atoms with E-state index in [1.54, 1.807) is 42.5 Å². The molecule has 2 amide bonds. The minimum absolute atomic E-state index is 0.130. The molecule has 182 valence electrons. The summed E-state index contributed by atoms with van der Waals surface area (Å²) in [6, 6.07) is 15.7. The van der Waals surface area contributed by atoms with Crippen LogP contribution in [0.5, 0.6) is 0 Å². The van der Waals surface area contributed by atoms with Gasteiger partial charge in [0.2, 0.25) is 11.8 Å². The number of amides is 2. The molecule has 9 nitrogen and oxygen atoms in total. The van der Waals surface area contributed by atoms with Crippen LogP contribution in [0.15, 0.2) is 64.9 Å². The number of nitrogens with zero attached hydrogens (tertiary/aromatic N) is 3. The molecule has 0 saturated heterocycles. The molecule has 0 bridgehead atoms. The van der Waals surface area contributed by atoms with Gasteiger partial charge in [0, 0.05) is 10.0 Å². The Bertz CT molecular complexity index is 1470. The van der Waals surface area contributed by atoms with Gasteiger partial charge in [0.15, 0.2) is 10.3 Å². The summed E-state index contributed by atoms with van der Waals surface area (Å²) in [5.41, 5.74) is 3.15. The van der Waals surface area contributed by atoms with Crippen LogP contribution in [-0.4, -0.2) is 48.2 Å². The number of nitrogens with one attached hydrogen (secondary N) is 4. The van der Waals surface area contributed by atoms with E-state index in [9.17, 15) is 9.59 Å². The number of aromatic amines is 2. The third-order valence-corrected chi connectivity index (χ3v) is 7.03. The molecule has 5 aromatic rings. The highest BCUT2D eigenvalue weighted by molar-refractivity contribution is 8.00. The first-order valence-electron chi connectivity index (χ1n) is 10.5. The third kappa shape index (κ3) is 6.11. The minimum Gasteiger partial charge on any atom is -0.333 e. The molecular weight excluding hydrogens is 541 g/mol. The van der Waals surface area contributed by atoms with E-state index in [0.717, 1.165) is 22.1 Å². The Balaban J connectivity index is 1.12. The maximum absolute atomic E-state index is 12.4. The number of H-pyrrole nitrogens is 2. The summed E-state index contributed by atoms with van der Waals surface area (Å²) in [4.78, 5) is 44.2. The maximum Gasteiger partial charge on any atom is 0.236 e. The predicted octanol–water partition coefficient (Wildman–Crippen LogP) is 5.60. The van der Waals surface area contributed by atoms with Crippen LogP contribution >= 0.6 is 46.7 Å². The molecule has 3 aromatic heterocycles. The fourth-order valence-electron chi connectivity index (χ4n) is 3.25. The standard InChI is InChI=1S/C23H17Cl2N7O2S2/c24-12-4-6-14-16(8-12)28-22(26-14)35-10-20(33)31-18-2-1-3-19(30-18)32-21(34)11-36-23-27-15-7-5-13(25)9-17(15)29-23/h1-9H,10-11H2,(H,26,28)(H,27,29)(H2,30,31,32,33,34). The number of thioether (sulfide) groups is 2. The first-order chi connectivity index (χ1) is 17.4. The molecule has 0 fully saturated rings. The van der Waals surface area contributed by atoms with Gasteiger partial charge in [0.1, 0.15) is 11.6 Å². The number of aromatic nitrogens is 5. The van der Waals surface area contributed by atoms with Crippen LogP contribution in [0.3, 0.4) is 0 Å². The molecule has 0 unspecified atom stereocenters. The van der Waals surface area contributed by atoms with Gasteiger partial charge in [-0.2, -0.15) is 0 Å². The molecule has 0 saturated carbocycles. The molecule has 36 heavy (non-hydrogen) atoms. The monoisotopic (exact) mass is 557 g/mol. The first kappa shape index (κ1) is 24.4.